The highest BCUT2D eigenvalue weighted by molar-refractivity contribution is 4.98. The van der Waals surface area contributed by atoms with E-state index in [0.717, 1.165) is 5.92 Å². The molecular formula is C19H34N2. The average Bonchev–Trinajstić information content (AvgIpc) is 2.72. The average molecular weight is 290 g/mol. The van der Waals surface area contributed by atoms with Crippen LogP contribution in [0, 0.1) is 28.6 Å². The van der Waals surface area contributed by atoms with E-state index < -0.39 is 0 Å². The van der Waals surface area contributed by atoms with Gasteiger partial charge in [0.05, 0.1) is 12.1 Å². The number of nitrogens with zero attached hydrogens (tertiary/aromatic N) is 1. The van der Waals surface area contributed by atoms with Crippen molar-refractivity contribution in [3.8, 4) is 6.07 Å². The molecule has 0 aromatic heterocycles. The van der Waals surface area contributed by atoms with Gasteiger partial charge in [-0.25, -0.2) is 0 Å². The summed E-state index contributed by atoms with van der Waals surface area (Å²) in [6.07, 6.45) is 13.1. The molecule has 0 radical (unpaired) electrons. The van der Waals surface area contributed by atoms with Gasteiger partial charge in [0.15, 0.2) is 0 Å². The van der Waals surface area contributed by atoms with Crippen molar-refractivity contribution in [1.29, 1.82) is 5.26 Å². The molecule has 0 amide bonds. The first-order chi connectivity index (χ1) is 10.0. The third-order valence-corrected chi connectivity index (χ3v) is 5.88. The molecular weight excluding hydrogens is 256 g/mol. The summed E-state index contributed by atoms with van der Waals surface area (Å²) in [7, 11) is 0. The van der Waals surface area contributed by atoms with Crippen LogP contribution in [0.25, 0.3) is 0 Å². The van der Waals surface area contributed by atoms with Crippen molar-refractivity contribution in [2.45, 2.75) is 97.1 Å². The highest BCUT2D eigenvalue weighted by Gasteiger charge is 2.33. The van der Waals surface area contributed by atoms with Crippen LogP contribution in [0.15, 0.2) is 0 Å². The van der Waals surface area contributed by atoms with Crippen molar-refractivity contribution in [3.05, 3.63) is 0 Å². The minimum atomic E-state index is 0.0917. The summed E-state index contributed by atoms with van der Waals surface area (Å²) < 4.78 is 0. The Morgan fingerprint density at radius 1 is 0.905 bits per heavy atom. The van der Waals surface area contributed by atoms with Crippen LogP contribution in [0.1, 0.15) is 85.0 Å². The summed E-state index contributed by atoms with van der Waals surface area (Å²) in [5, 5.41) is 13.3. The Labute approximate surface area is 131 Å². The summed E-state index contributed by atoms with van der Waals surface area (Å²) in [5.41, 5.74) is 0.432. The van der Waals surface area contributed by atoms with Gasteiger partial charge in [0.2, 0.25) is 0 Å². The van der Waals surface area contributed by atoms with Gasteiger partial charge in [-0.3, -0.25) is 5.32 Å². The number of hydrogen-bond acceptors (Lipinski definition) is 2. The second-order valence-electron chi connectivity index (χ2n) is 8.44. The van der Waals surface area contributed by atoms with Crippen molar-refractivity contribution in [2.75, 3.05) is 0 Å². The van der Waals surface area contributed by atoms with Gasteiger partial charge in [-0.15, -0.1) is 0 Å². The zero-order valence-electron chi connectivity index (χ0n) is 14.3. The largest absolute Gasteiger partial charge is 0.299 e. The third kappa shape index (κ3) is 4.99. The molecule has 2 aliphatic carbocycles. The molecule has 21 heavy (non-hydrogen) atoms. The smallest absolute Gasteiger partial charge is 0.0983 e. The summed E-state index contributed by atoms with van der Waals surface area (Å²) in [5.74, 6) is 1.42. The highest BCUT2D eigenvalue weighted by atomic mass is 15.0. The summed E-state index contributed by atoms with van der Waals surface area (Å²) >= 11 is 0. The van der Waals surface area contributed by atoms with Gasteiger partial charge in [-0.2, -0.15) is 5.26 Å². The number of hydrogen-bond donors (Lipinski definition) is 1. The van der Waals surface area contributed by atoms with E-state index in [1.165, 1.54) is 64.2 Å². The third-order valence-electron chi connectivity index (χ3n) is 5.88. The van der Waals surface area contributed by atoms with Gasteiger partial charge in [-0.05, 0) is 55.8 Å². The zero-order valence-corrected chi connectivity index (χ0v) is 14.3. The molecule has 0 spiro atoms. The van der Waals surface area contributed by atoms with E-state index in [0.29, 0.717) is 17.4 Å². The van der Waals surface area contributed by atoms with E-state index in [1.54, 1.807) is 0 Å². The van der Waals surface area contributed by atoms with Gasteiger partial charge in [0.25, 0.3) is 0 Å². The molecule has 1 atom stereocenters. The lowest BCUT2D eigenvalue weighted by Gasteiger charge is -2.38. The topological polar surface area (TPSA) is 35.8 Å². The van der Waals surface area contributed by atoms with Crippen LogP contribution >= 0.6 is 0 Å². The van der Waals surface area contributed by atoms with Crippen LogP contribution in [-0.4, -0.2) is 12.1 Å². The molecule has 2 saturated carbocycles. The SMILES string of the molecule is CC(C)(C)C1CCC(C(C#N)NC2CCCCCC2)CC1. The first-order valence-corrected chi connectivity index (χ1v) is 9.16. The normalized spacial score (nSPS) is 30.4. The predicted octanol–water partition coefficient (Wildman–Crippen LogP) is 5.04. The summed E-state index contributed by atoms with van der Waals surface area (Å²) in [6.45, 7) is 7.09. The van der Waals surface area contributed by atoms with Crippen molar-refractivity contribution < 1.29 is 0 Å². The van der Waals surface area contributed by atoms with E-state index in [9.17, 15) is 5.26 Å². The van der Waals surface area contributed by atoms with Gasteiger partial charge < -0.3 is 0 Å². The maximum atomic E-state index is 9.59. The standard InChI is InChI=1S/C19H34N2/c1-19(2,3)16-12-10-15(11-13-16)18(14-20)21-17-8-6-4-5-7-9-17/h15-18,21H,4-13H2,1-3H3. The van der Waals surface area contributed by atoms with Gasteiger partial charge in [0.1, 0.15) is 0 Å². The van der Waals surface area contributed by atoms with Crippen molar-refractivity contribution in [3.63, 3.8) is 0 Å². The maximum Gasteiger partial charge on any atom is 0.0983 e. The molecule has 0 heterocycles. The molecule has 2 rings (SSSR count). The second-order valence-corrected chi connectivity index (χ2v) is 8.44. The highest BCUT2D eigenvalue weighted by Crippen LogP contribution is 2.40. The second kappa shape index (κ2) is 7.63. The van der Waals surface area contributed by atoms with Gasteiger partial charge in [-0.1, -0.05) is 46.5 Å². The number of nitrogens with one attached hydrogen (secondary N) is 1. The molecule has 0 aromatic carbocycles. The van der Waals surface area contributed by atoms with Crippen LogP contribution < -0.4 is 5.32 Å². The Kier molecular flexibility index (Phi) is 6.11. The molecule has 0 bridgehead atoms. The van der Waals surface area contributed by atoms with Crippen LogP contribution in [0.4, 0.5) is 0 Å². The van der Waals surface area contributed by atoms with E-state index in [4.69, 9.17) is 0 Å². The predicted molar refractivity (Wildman–Crippen MR) is 88.9 cm³/mol. The molecule has 2 fully saturated rings. The first kappa shape index (κ1) is 16.8. The Morgan fingerprint density at radius 2 is 1.48 bits per heavy atom. The summed E-state index contributed by atoms with van der Waals surface area (Å²) in [6, 6.07) is 3.27. The van der Waals surface area contributed by atoms with Crippen molar-refractivity contribution in [2.24, 2.45) is 17.3 Å². The Balaban J connectivity index is 1.83. The van der Waals surface area contributed by atoms with E-state index >= 15 is 0 Å². The molecule has 2 heteroatoms. The number of nitriles is 1. The van der Waals surface area contributed by atoms with Crippen LogP contribution in [0.2, 0.25) is 0 Å². The van der Waals surface area contributed by atoms with Crippen molar-refractivity contribution in [1.82, 2.24) is 5.32 Å². The summed E-state index contributed by atoms with van der Waals surface area (Å²) in [4.78, 5) is 0. The quantitative estimate of drug-likeness (QED) is 0.739. The molecule has 2 nitrogen and oxygen atoms in total. The Morgan fingerprint density at radius 3 is 1.95 bits per heavy atom. The zero-order chi connectivity index (χ0) is 15.3. The molecule has 2 aliphatic rings. The molecule has 120 valence electrons. The minimum Gasteiger partial charge on any atom is -0.299 e. The molecule has 1 unspecified atom stereocenters. The van der Waals surface area contributed by atoms with Gasteiger partial charge in [0, 0.05) is 6.04 Å². The Bertz CT molecular complexity index is 334. The minimum absolute atomic E-state index is 0.0917. The monoisotopic (exact) mass is 290 g/mol. The van der Waals surface area contributed by atoms with E-state index in [-0.39, 0.29) is 6.04 Å². The molecule has 0 aromatic rings. The fourth-order valence-corrected chi connectivity index (χ4v) is 4.30. The van der Waals surface area contributed by atoms with Crippen LogP contribution in [0.5, 0.6) is 0 Å². The fourth-order valence-electron chi connectivity index (χ4n) is 4.30. The first-order valence-electron chi connectivity index (χ1n) is 9.16. The lowest BCUT2D eigenvalue weighted by atomic mass is 9.68. The Hall–Kier alpha value is -0.550. The molecule has 1 N–H and O–H groups in total. The fraction of sp³-hybridized carbons (Fsp3) is 0.947. The lowest BCUT2D eigenvalue weighted by molar-refractivity contribution is 0.138. The van der Waals surface area contributed by atoms with Crippen molar-refractivity contribution >= 4 is 0 Å². The van der Waals surface area contributed by atoms with Gasteiger partial charge >= 0.3 is 0 Å². The lowest BCUT2D eigenvalue weighted by Crippen LogP contribution is -2.43. The van der Waals surface area contributed by atoms with Crippen LogP contribution in [0.3, 0.4) is 0 Å². The van der Waals surface area contributed by atoms with E-state index in [2.05, 4.69) is 32.2 Å². The van der Waals surface area contributed by atoms with Crippen LogP contribution in [-0.2, 0) is 0 Å². The molecule has 0 aliphatic heterocycles. The molecule has 0 saturated heterocycles. The number of rotatable bonds is 3. The van der Waals surface area contributed by atoms with E-state index in [1.807, 2.05) is 0 Å². The maximum absolute atomic E-state index is 9.59.